The van der Waals surface area contributed by atoms with Crippen molar-refractivity contribution in [2.75, 3.05) is 11.5 Å². The fourth-order valence-corrected chi connectivity index (χ4v) is 4.26. The Morgan fingerprint density at radius 1 is 0.964 bits per heavy atom. The van der Waals surface area contributed by atoms with E-state index in [4.69, 9.17) is 21.2 Å². The Hall–Kier alpha value is -2.24. The number of hydrogen-bond donors (Lipinski definition) is 2. The quantitative estimate of drug-likeness (QED) is 0.611. The molecular formula is C22H35N5O. The molecular weight excluding hydrogens is 350 g/mol. The van der Waals surface area contributed by atoms with E-state index in [0.717, 1.165) is 50.1 Å². The smallest absolute Gasteiger partial charge is 0.220 e. The largest absolute Gasteiger partial charge is 0.494 e. The van der Waals surface area contributed by atoms with Crippen molar-refractivity contribution in [1.82, 2.24) is 0 Å². The number of guanidine groups is 2. The number of nitrogens with two attached hydrogens (primary N) is 2. The monoisotopic (exact) mass is 385 g/mol. The number of anilines is 1. The van der Waals surface area contributed by atoms with Crippen LogP contribution in [0.2, 0.25) is 0 Å². The molecule has 1 fully saturated rings. The van der Waals surface area contributed by atoms with Crippen LogP contribution in [-0.4, -0.2) is 24.2 Å². The zero-order valence-electron chi connectivity index (χ0n) is 17.2. The van der Waals surface area contributed by atoms with Crippen LogP contribution in [0.15, 0.2) is 34.3 Å². The van der Waals surface area contributed by atoms with Crippen molar-refractivity contribution in [2.45, 2.75) is 83.2 Å². The first-order chi connectivity index (χ1) is 13.6. The predicted octanol–water partition coefficient (Wildman–Crippen LogP) is 4.54. The van der Waals surface area contributed by atoms with Crippen LogP contribution in [0.1, 0.15) is 77.6 Å². The number of ether oxygens (including phenoxy) is 1. The van der Waals surface area contributed by atoms with Gasteiger partial charge in [-0.15, -0.1) is 0 Å². The van der Waals surface area contributed by atoms with Gasteiger partial charge in [-0.3, -0.25) is 4.90 Å². The molecule has 6 heteroatoms. The summed E-state index contributed by atoms with van der Waals surface area (Å²) >= 11 is 0. The predicted molar refractivity (Wildman–Crippen MR) is 117 cm³/mol. The van der Waals surface area contributed by atoms with Gasteiger partial charge in [-0.1, -0.05) is 45.4 Å². The lowest BCUT2D eigenvalue weighted by Crippen LogP contribution is -2.58. The molecule has 1 saturated carbocycles. The third-order valence-electron chi connectivity index (χ3n) is 5.71. The molecule has 4 N–H and O–H groups in total. The Labute approximate surface area is 169 Å². The summed E-state index contributed by atoms with van der Waals surface area (Å²) in [6.07, 6.45) is 13.0. The molecule has 0 radical (unpaired) electrons. The molecule has 0 amide bonds. The topological polar surface area (TPSA) is 89.2 Å². The van der Waals surface area contributed by atoms with E-state index in [9.17, 15) is 0 Å². The summed E-state index contributed by atoms with van der Waals surface area (Å²) < 4.78 is 5.91. The summed E-state index contributed by atoms with van der Waals surface area (Å²) in [6.45, 7) is 3.01. The lowest BCUT2D eigenvalue weighted by atomic mass is 9.87. The lowest BCUT2D eigenvalue weighted by Gasteiger charge is -2.45. The van der Waals surface area contributed by atoms with Crippen LogP contribution in [0.3, 0.4) is 0 Å². The number of aliphatic imine (C=N–C) groups is 2. The molecule has 0 unspecified atom stereocenters. The van der Waals surface area contributed by atoms with Crippen LogP contribution < -0.4 is 21.1 Å². The number of benzene rings is 1. The van der Waals surface area contributed by atoms with Crippen molar-refractivity contribution in [3.63, 3.8) is 0 Å². The Morgan fingerprint density at radius 3 is 2.36 bits per heavy atom. The van der Waals surface area contributed by atoms with Crippen LogP contribution in [-0.2, 0) is 0 Å². The zero-order chi connectivity index (χ0) is 19.8. The number of hydrogen-bond acceptors (Lipinski definition) is 6. The molecule has 28 heavy (non-hydrogen) atoms. The molecule has 1 aliphatic carbocycles. The molecule has 154 valence electrons. The minimum absolute atomic E-state index is 0.287. The van der Waals surface area contributed by atoms with Crippen LogP contribution >= 0.6 is 0 Å². The molecule has 1 aromatic rings. The molecule has 1 aliphatic heterocycles. The SMILES string of the molecule is CCCCCCCCOc1ccc(N2C(N)=NC(N)=NC23CCCCC3)cc1. The molecule has 0 saturated heterocycles. The average molecular weight is 386 g/mol. The fraction of sp³-hybridized carbons (Fsp3) is 0.636. The van der Waals surface area contributed by atoms with Crippen LogP contribution in [0.25, 0.3) is 0 Å². The number of unbranched alkanes of at least 4 members (excludes halogenated alkanes) is 5. The molecule has 0 aromatic heterocycles. The maximum Gasteiger partial charge on any atom is 0.220 e. The van der Waals surface area contributed by atoms with Gasteiger partial charge in [0, 0.05) is 5.69 Å². The number of nitrogens with zero attached hydrogens (tertiary/aromatic N) is 3. The molecule has 1 spiro atoms. The molecule has 0 atom stereocenters. The van der Waals surface area contributed by atoms with E-state index in [1.165, 1.54) is 38.5 Å². The van der Waals surface area contributed by atoms with Gasteiger partial charge in [-0.2, -0.15) is 4.99 Å². The van der Waals surface area contributed by atoms with Gasteiger partial charge in [0.15, 0.2) is 0 Å². The summed E-state index contributed by atoms with van der Waals surface area (Å²) in [7, 11) is 0. The highest BCUT2D eigenvalue weighted by Gasteiger charge is 2.42. The molecule has 0 bridgehead atoms. The normalized spacial score (nSPS) is 18.7. The van der Waals surface area contributed by atoms with Gasteiger partial charge in [0.2, 0.25) is 11.9 Å². The first-order valence-corrected chi connectivity index (χ1v) is 10.9. The second-order valence-corrected chi connectivity index (χ2v) is 7.93. The minimum atomic E-state index is -0.394. The van der Waals surface area contributed by atoms with Gasteiger partial charge in [0.25, 0.3) is 0 Å². The van der Waals surface area contributed by atoms with Gasteiger partial charge >= 0.3 is 0 Å². The van der Waals surface area contributed by atoms with Crippen LogP contribution in [0.5, 0.6) is 5.75 Å². The van der Waals surface area contributed by atoms with Gasteiger partial charge in [-0.05, 0) is 56.4 Å². The molecule has 1 aromatic carbocycles. The summed E-state index contributed by atoms with van der Waals surface area (Å²) in [5, 5.41) is 0. The highest BCUT2D eigenvalue weighted by molar-refractivity contribution is 6.05. The maximum atomic E-state index is 6.28. The van der Waals surface area contributed by atoms with E-state index in [1.807, 2.05) is 24.3 Å². The molecule has 2 aliphatic rings. The van der Waals surface area contributed by atoms with E-state index >= 15 is 0 Å². The van der Waals surface area contributed by atoms with Crippen LogP contribution in [0, 0.1) is 0 Å². The average Bonchev–Trinajstić information content (AvgIpc) is 2.68. The van der Waals surface area contributed by atoms with E-state index in [1.54, 1.807) is 0 Å². The minimum Gasteiger partial charge on any atom is -0.494 e. The Bertz CT molecular complexity index is 677. The summed E-state index contributed by atoms with van der Waals surface area (Å²) in [6, 6.07) is 8.12. The van der Waals surface area contributed by atoms with Gasteiger partial charge in [0.05, 0.1) is 6.61 Å². The second-order valence-electron chi connectivity index (χ2n) is 7.93. The van der Waals surface area contributed by atoms with Crippen molar-refractivity contribution in [2.24, 2.45) is 21.5 Å². The Morgan fingerprint density at radius 2 is 1.64 bits per heavy atom. The van der Waals surface area contributed by atoms with Crippen LogP contribution in [0.4, 0.5) is 5.69 Å². The molecule has 1 heterocycles. The van der Waals surface area contributed by atoms with Gasteiger partial charge in [0.1, 0.15) is 11.4 Å². The number of rotatable bonds is 9. The lowest BCUT2D eigenvalue weighted by molar-refractivity contribution is 0.302. The standard InChI is InChI=1S/C22H35N5O/c1-2-3-4-5-6-10-17-28-19-13-11-18(12-14-19)27-21(24)25-20(23)26-22(27)15-8-7-9-16-22/h11-14H,2-10,15-17H2,1H3,(H4,23,24,25,26). The van der Waals surface area contributed by atoms with Crippen molar-refractivity contribution < 1.29 is 4.74 Å². The summed E-state index contributed by atoms with van der Waals surface area (Å²) in [5.41, 5.74) is 12.8. The van der Waals surface area contributed by atoms with E-state index in [0.29, 0.717) is 5.96 Å². The molecule has 6 nitrogen and oxygen atoms in total. The van der Waals surface area contributed by atoms with E-state index < -0.39 is 5.66 Å². The first-order valence-electron chi connectivity index (χ1n) is 10.9. The van der Waals surface area contributed by atoms with Gasteiger partial charge < -0.3 is 16.2 Å². The Kier molecular flexibility index (Phi) is 7.18. The maximum absolute atomic E-state index is 6.28. The van der Waals surface area contributed by atoms with Gasteiger partial charge in [-0.25, -0.2) is 4.99 Å². The van der Waals surface area contributed by atoms with Crippen molar-refractivity contribution >= 4 is 17.6 Å². The van der Waals surface area contributed by atoms with Crippen molar-refractivity contribution in [3.05, 3.63) is 24.3 Å². The fourth-order valence-electron chi connectivity index (χ4n) is 4.26. The molecule has 3 rings (SSSR count). The van der Waals surface area contributed by atoms with E-state index in [2.05, 4.69) is 16.8 Å². The Balaban J connectivity index is 1.59. The van der Waals surface area contributed by atoms with Crippen molar-refractivity contribution in [1.29, 1.82) is 0 Å². The second kappa shape index (κ2) is 9.80. The summed E-state index contributed by atoms with van der Waals surface area (Å²) in [5.74, 6) is 1.61. The highest BCUT2D eigenvalue weighted by Crippen LogP contribution is 2.39. The summed E-state index contributed by atoms with van der Waals surface area (Å²) in [4.78, 5) is 11.0. The third kappa shape index (κ3) is 4.97. The zero-order valence-corrected chi connectivity index (χ0v) is 17.2. The first kappa shape index (κ1) is 20.5. The van der Waals surface area contributed by atoms with Crippen molar-refractivity contribution in [3.8, 4) is 5.75 Å². The third-order valence-corrected chi connectivity index (χ3v) is 5.71. The van der Waals surface area contributed by atoms with E-state index in [-0.39, 0.29) is 5.96 Å². The highest BCUT2D eigenvalue weighted by atomic mass is 16.5.